The highest BCUT2D eigenvalue weighted by Gasteiger charge is 2.30. The van der Waals surface area contributed by atoms with E-state index < -0.39 is 0 Å². The van der Waals surface area contributed by atoms with Crippen molar-refractivity contribution in [3.63, 3.8) is 0 Å². The summed E-state index contributed by atoms with van der Waals surface area (Å²) in [5, 5.41) is 4.13. The molecule has 2 aromatic rings. The van der Waals surface area contributed by atoms with E-state index in [-0.39, 0.29) is 0 Å². The minimum Gasteiger partial charge on any atom is -0.361 e. The van der Waals surface area contributed by atoms with Crippen LogP contribution >= 0.6 is 0 Å². The van der Waals surface area contributed by atoms with Gasteiger partial charge in [0.1, 0.15) is 5.76 Å². The second-order valence-corrected chi connectivity index (χ2v) is 6.30. The first-order valence-electron chi connectivity index (χ1n) is 7.79. The quantitative estimate of drug-likeness (QED) is 0.844. The normalized spacial score (nSPS) is 19.3. The van der Waals surface area contributed by atoms with Crippen LogP contribution in [0.1, 0.15) is 52.6 Å². The second kappa shape index (κ2) is 5.64. The third-order valence-corrected chi connectivity index (χ3v) is 4.66. The minimum atomic E-state index is 0.456. The van der Waals surface area contributed by atoms with Gasteiger partial charge >= 0.3 is 0 Å². The lowest BCUT2D eigenvalue weighted by Crippen LogP contribution is -2.24. The molecule has 1 fully saturated rings. The largest absolute Gasteiger partial charge is 0.361 e. The molecule has 0 bridgehead atoms. The number of aromatic nitrogens is 1. The van der Waals surface area contributed by atoms with Gasteiger partial charge in [-0.1, -0.05) is 28.9 Å². The molecule has 0 aliphatic carbocycles. The van der Waals surface area contributed by atoms with Crippen LogP contribution in [0.15, 0.2) is 22.7 Å². The molecule has 1 aromatic heterocycles. The first kappa shape index (κ1) is 14.3. The van der Waals surface area contributed by atoms with E-state index in [1.165, 1.54) is 35.1 Å². The van der Waals surface area contributed by atoms with Gasteiger partial charge in [0.05, 0.1) is 5.69 Å². The smallest absolute Gasteiger partial charge is 0.138 e. The van der Waals surface area contributed by atoms with Gasteiger partial charge in [-0.15, -0.1) is 0 Å². The molecule has 3 heteroatoms. The molecule has 2 heterocycles. The van der Waals surface area contributed by atoms with Gasteiger partial charge in [0.15, 0.2) is 0 Å². The number of hydrogen-bond acceptors (Lipinski definition) is 3. The molecule has 1 aliphatic rings. The van der Waals surface area contributed by atoms with E-state index in [9.17, 15) is 0 Å². The van der Waals surface area contributed by atoms with Gasteiger partial charge < -0.3 is 4.52 Å². The van der Waals surface area contributed by atoms with E-state index in [0.29, 0.717) is 6.04 Å². The Morgan fingerprint density at radius 2 is 2.05 bits per heavy atom. The summed E-state index contributed by atoms with van der Waals surface area (Å²) in [6, 6.07) is 7.21. The highest BCUT2D eigenvalue weighted by Crippen LogP contribution is 2.36. The van der Waals surface area contributed by atoms with Gasteiger partial charge in [-0.25, -0.2) is 0 Å². The van der Waals surface area contributed by atoms with Crippen LogP contribution in [0.25, 0.3) is 0 Å². The predicted octanol–water partition coefficient (Wildman–Crippen LogP) is 4.25. The van der Waals surface area contributed by atoms with Crippen LogP contribution < -0.4 is 0 Å². The van der Waals surface area contributed by atoms with Crippen molar-refractivity contribution < 1.29 is 4.52 Å². The number of aryl methyl sites for hydroxylation is 4. The van der Waals surface area contributed by atoms with Gasteiger partial charge in [0.2, 0.25) is 0 Å². The summed E-state index contributed by atoms with van der Waals surface area (Å²) >= 11 is 0. The summed E-state index contributed by atoms with van der Waals surface area (Å²) in [6.07, 6.45) is 2.45. The van der Waals surface area contributed by atoms with Crippen LogP contribution in [-0.4, -0.2) is 16.6 Å². The van der Waals surface area contributed by atoms with E-state index in [2.05, 4.69) is 49.0 Å². The average Bonchev–Trinajstić information content (AvgIpc) is 3.00. The van der Waals surface area contributed by atoms with Crippen LogP contribution in [0.3, 0.4) is 0 Å². The van der Waals surface area contributed by atoms with Crippen LogP contribution in [0.2, 0.25) is 0 Å². The lowest BCUT2D eigenvalue weighted by molar-refractivity contribution is 0.245. The van der Waals surface area contributed by atoms with Crippen molar-refractivity contribution in [3.05, 3.63) is 51.9 Å². The van der Waals surface area contributed by atoms with Crippen molar-refractivity contribution in [2.75, 3.05) is 6.54 Å². The van der Waals surface area contributed by atoms with E-state index in [4.69, 9.17) is 4.52 Å². The number of benzene rings is 1. The van der Waals surface area contributed by atoms with Crippen molar-refractivity contribution in [2.45, 2.75) is 53.1 Å². The van der Waals surface area contributed by atoms with Crippen LogP contribution in [0.5, 0.6) is 0 Å². The van der Waals surface area contributed by atoms with Crippen molar-refractivity contribution in [1.29, 1.82) is 0 Å². The predicted molar refractivity (Wildman–Crippen MR) is 84.3 cm³/mol. The van der Waals surface area contributed by atoms with Crippen molar-refractivity contribution >= 4 is 0 Å². The summed E-state index contributed by atoms with van der Waals surface area (Å²) < 4.78 is 5.37. The highest BCUT2D eigenvalue weighted by atomic mass is 16.5. The SMILES string of the molecule is Cc1ccc(CN2CCC[C@H]2c2c(C)noc2C)c(C)c1. The van der Waals surface area contributed by atoms with E-state index in [1.807, 2.05) is 6.92 Å². The molecule has 1 aliphatic heterocycles. The summed E-state index contributed by atoms with van der Waals surface area (Å²) in [7, 11) is 0. The molecule has 0 unspecified atom stereocenters. The molecule has 0 radical (unpaired) electrons. The second-order valence-electron chi connectivity index (χ2n) is 6.30. The summed E-state index contributed by atoms with van der Waals surface area (Å²) in [5.41, 5.74) is 6.50. The fourth-order valence-corrected chi connectivity index (χ4v) is 3.55. The van der Waals surface area contributed by atoms with Crippen LogP contribution in [0, 0.1) is 27.7 Å². The zero-order valence-corrected chi connectivity index (χ0v) is 13.4. The number of hydrogen-bond donors (Lipinski definition) is 0. The Morgan fingerprint density at radius 3 is 2.71 bits per heavy atom. The third kappa shape index (κ3) is 2.75. The Hall–Kier alpha value is -1.61. The van der Waals surface area contributed by atoms with E-state index >= 15 is 0 Å². The minimum absolute atomic E-state index is 0.456. The highest BCUT2D eigenvalue weighted by molar-refractivity contribution is 5.31. The molecule has 21 heavy (non-hydrogen) atoms. The standard InChI is InChI=1S/C18H24N2O/c1-12-7-8-16(13(2)10-12)11-20-9-5-6-17(20)18-14(3)19-21-15(18)4/h7-8,10,17H,5-6,9,11H2,1-4H3/t17-/m0/s1. The molecule has 1 atom stereocenters. The Balaban J connectivity index is 1.85. The maximum atomic E-state index is 5.37. The number of rotatable bonds is 3. The van der Waals surface area contributed by atoms with E-state index in [1.54, 1.807) is 0 Å². The molecule has 3 nitrogen and oxygen atoms in total. The monoisotopic (exact) mass is 284 g/mol. The Kier molecular flexibility index (Phi) is 3.85. The van der Waals surface area contributed by atoms with Crippen LogP contribution in [0.4, 0.5) is 0 Å². The van der Waals surface area contributed by atoms with Crippen LogP contribution in [-0.2, 0) is 6.54 Å². The summed E-state index contributed by atoms with van der Waals surface area (Å²) in [4.78, 5) is 2.57. The molecular weight excluding hydrogens is 260 g/mol. The maximum absolute atomic E-state index is 5.37. The van der Waals surface area contributed by atoms with Gasteiger partial charge in [-0.3, -0.25) is 4.90 Å². The number of likely N-dealkylation sites (tertiary alicyclic amines) is 1. The average molecular weight is 284 g/mol. The van der Waals surface area contributed by atoms with E-state index in [0.717, 1.165) is 24.5 Å². The molecule has 0 N–H and O–H groups in total. The zero-order valence-electron chi connectivity index (χ0n) is 13.4. The van der Waals surface area contributed by atoms with Crippen molar-refractivity contribution in [3.8, 4) is 0 Å². The Labute approximate surface area is 126 Å². The maximum Gasteiger partial charge on any atom is 0.138 e. The fourth-order valence-electron chi connectivity index (χ4n) is 3.55. The Bertz CT molecular complexity index is 625. The van der Waals surface area contributed by atoms with Gasteiger partial charge in [0, 0.05) is 18.2 Å². The molecule has 0 spiro atoms. The molecule has 1 saturated heterocycles. The fraction of sp³-hybridized carbons (Fsp3) is 0.500. The molecule has 3 rings (SSSR count). The molecule has 1 aromatic carbocycles. The van der Waals surface area contributed by atoms with Gasteiger partial charge in [-0.2, -0.15) is 0 Å². The third-order valence-electron chi connectivity index (χ3n) is 4.66. The molecule has 0 amide bonds. The lowest BCUT2D eigenvalue weighted by Gasteiger charge is -2.25. The summed E-state index contributed by atoms with van der Waals surface area (Å²) in [5.74, 6) is 0.977. The first-order valence-corrected chi connectivity index (χ1v) is 7.79. The Morgan fingerprint density at radius 1 is 1.24 bits per heavy atom. The molecular formula is C18H24N2O. The first-order chi connectivity index (χ1) is 10.1. The lowest BCUT2D eigenvalue weighted by atomic mass is 10.0. The zero-order chi connectivity index (χ0) is 15.0. The number of nitrogens with zero attached hydrogens (tertiary/aromatic N) is 2. The summed E-state index contributed by atoms with van der Waals surface area (Å²) in [6.45, 7) is 10.6. The molecule has 112 valence electrons. The van der Waals surface area contributed by atoms with Gasteiger partial charge in [0.25, 0.3) is 0 Å². The van der Waals surface area contributed by atoms with Crippen molar-refractivity contribution in [1.82, 2.24) is 10.1 Å². The topological polar surface area (TPSA) is 29.3 Å². The van der Waals surface area contributed by atoms with Crippen molar-refractivity contribution in [2.24, 2.45) is 0 Å². The molecule has 0 saturated carbocycles. The van der Waals surface area contributed by atoms with Gasteiger partial charge in [-0.05, 0) is 58.2 Å².